The second kappa shape index (κ2) is 8.08. The van der Waals surface area contributed by atoms with Gasteiger partial charge in [0.1, 0.15) is 5.75 Å². The van der Waals surface area contributed by atoms with Crippen LogP contribution in [-0.2, 0) is 16.3 Å². The van der Waals surface area contributed by atoms with Crippen molar-refractivity contribution in [2.75, 3.05) is 7.11 Å². The van der Waals surface area contributed by atoms with E-state index in [4.69, 9.17) is 4.74 Å². The average Bonchev–Trinajstić information content (AvgIpc) is 3.25. The number of carbonyl (C=O) groups is 1. The highest BCUT2D eigenvalue weighted by atomic mass is 32.2. The van der Waals surface area contributed by atoms with Crippen molar-refractivity contribution in [2.45, 2.75) is 22.6 Å². The SMILES string of the molecule is COc1ccc(S(=O)(=O)c2ccc(CCC(=O)c3cnc4nccn4c3)cc2)cc1. The second-order valence-electron chi connectivity index (χ2n) is 6.72. The Labute approximate surface area is 173 Å². The first kappa shape index (κ1) is 19.8. The number of Topliss-reactive ketones (excluding diaryl/α,β-unsaturated/α-hetero) is 1. The normalized spacial score (nSPS) is 11.5. The molecule has 0 aliphatic rings. The van der Waals surface area contributed by atoms with Gasteiger partial charge in [0, 0.05) is 31.2 Å². The van der Waals surface area contributed by atoms with Crippen LogP contribution in [0.5, 0.6) is 5.75 Å². The molecule has 0 fully saturated rings. The predicted octanol–water partition coefficient (Wildman–Crippen LogP) is 3.39. The molecule has 4 aromatic rings. The standard InChI is InChI=1S/C22H19N3O4S/c1-29-18-5-9-20(10-6-18)30(27,28)19-7-2-16(3-8-19)4-11-21(26)17-14-24-22-23-12-13-25(22)15-17/h2-3,5-10,12-15H,4,11H2,1H3. The lowest BCUT2D eigenvalue weighted by atomic mass is 10.0. The summed E-state index contributed by atoms with van der Waals surface area (Å²) >= 11 is 0. The Morgan fingerprint density at radius 1 is 1.00 bits per heavy atom. The van der Waals surface area contributed by atoms with E-state index in [0.717, 1.165) is 5.56 Å². The first-order valence-corrected chi connectivity index (χ1v) is 10.8. The van der Waals surface area contributed by atoms with Crippen molar-refractivity contribution in [3.05, 3.63) is 84.4 Å². The number of hydrogen-bond acceptors (Lipinski definition) is 6. The van der Waals surface area contributed by atoms with Crippen LogP contribution in [-0.4, -0.2) is 35.7 Å². The molecule has 0 spiro atoms. The van der Waals surface area contributed by atoms with Crippen LogP contribution in [0.2, 0.25) is 0 Å². The zero-order chi connectivity index (χ0) is 21.1. The van der Waals surface area contributed by atoms with E-state index in [0.29, 0.717) is 29.9 Å². The number of hydrogen-bond donors (Lipinski definition) is 0. The van der Waals surface area contributed by atoms with E-state index >= 15 is 0 Å². The second-order valence-corrected chi connectivity index (χ2v) is 8.67. The summed E-state index contributed by atoms with van der Waals surface area (Å²) in [4.78, 5) is 21.1. The highest BCUT2D eigenvalue weighted by molar-refractivity contribution is 7.91. The van der Waals surface area contributed by atoms with E-state index in [1.54, 1.807) is 59.4 Å². The monoisotopic (exact) mass is 421 g/mol. The van der Waals surface area contributed by atoms with E-state index in [-0.39, 0.29) is 15.6 Å². The lowest BCUT2D eigenvalue weighted by molar-refractivity contribution is 0.0982. The van der Waals surface area contributed by atoms with Gasteiger partial charge >= 0.3 is 0 Å². The lowest BCUT2D eigenvalue weighted by Crippen LogP contribution is -2.05. The summed E-state index contributed by atoms with van der Waals surface area (Å²) in [6.45, 7) is 0. The topological polar surface area (TPSA) is 90.6 Å². The Balaban J connectivity index is 1.44. The third kappa shape index (κ3) is 3.95. The Morgan fingerprint density at radius 3 is 2.33 bits per heavy atom. The molecule has 0 bridgehead atoms. The highest BCUT2D eigenvalue weighted by Gasteiger charge is 2.17. The number of rotatable bonds is 7. The summed E-state index contributed by atoms with van der Waals surface area (Å²) in [5.41, 5.74) is 1.40. The van der Waals surface area contributed by atoms with Gasteiger partial charge in [0.15, 0.2) is 5.78 Å². The molecule has 7 nitrogen and oxygen atoms in total. The Hall–Kier alpha value is -3.52. The van der Waals surface area contributed by atoms with E-state index in [2.05, 4.69) is 9.97 Å². The zero-order valence-corrected chi connectivity index (χ0v) is 17.0. The maximum absolute atomic E-state index is 12.8. The number of carbonyl (C=O) groups excluding carboxylic acids is 1. The Bertz CT molecular complexity index is 1290. The number of methoxy groups -OCH3 is 1. The van der Waals surface area contributed by atoms with E-state index in [1.165, 1.54) is 25.4 Å². The summed E-state index contributed by atoms with van der Waals surface area (Å²) in [6.07, 6.45) is 7.40. The summed E-state index contributed by atoms with van der Waals surface area (Å²) in [5.74, 6) is 1.10. The van der Waals surface area contributed by atoms with Crippen molar-refractivity contribution in [3.63, 3.8) is 0 Å². The smallest absolute Gasteiger partial charge is 0.233 e. The quantitative estimate of drug-likeness (QED) is 0.425. The molecule has 0 saturated heterocycles. The highest BCUT2D eigenvalue weighted by Crippen LogP contribution is 2.23. The van der Waals surface area contributed by atoms with Crippen LogP contribution in [0.3, 0.4) is 0 Å². The number of nitrogens with zero attached hydrogens (tertiary/aromatic N) is 3. The number of imidazole rings is 1. The number of sulfone groups is 1. The van der Waals surface area contributed by atoms with Gasteiger partial charge in [0.25, 0.3) is 0 Å². The van der Waals surface area contributed by atoms with Crippen LogP contribution in [0, 0.1) is 0 Å². The first-order chi connectivity index (χ1) is 14.5. The molecule has 4 rings (SSSR count). The van der Waals surface area contributed by atoms with E-state index in [1.807, 2.05) is 0 Å². The summed E-state index contributed by atoms with van der Waals surface area (Å²) in [6, 6.07) is 12.9. The maximum Gasteiger partial charge on any atom is 0.233 e. The molecule has 0 saturated carbocycles. The molecule has 0 N–H and O–H groups in total. The molecule has 0 aliphatic carbocycles. The van der Waals surface area contributed by atoms with Gasteiger partial charge < -0.3 is 4.74 Å². The number of fused-ring (bicyclic) bond motifs is 1. The van der Waals surface area contributed by atoms with Gasteiger partial charge in [-0.05, 0) is 48.4 Å². The van der Waals surface area contributed by atoms with Crippen LogP contribution in [0.15, 0.2) is 83.1 Å². The average molecular weight is 421 g/mol. The van der Waals surface area contributed by atoms with E-state index < -0.39 is 9.84 Å². The van der Waals surface area contributed by atoms with E-state index in [9.17, 15) is 13.2 Å². The fraction of sp³-hybridized carbons (Fsp3) is 0.136. The van der Waals surface area contributed by atoms with Gasteiger partial charge in [-0.25, -0.2) is 18.4 Å². The molecule has 2 heterocycles. The molecule has 0 amide bonds. The first-order valence-electron chi connectivity index (χ1n) is 9.27. The Kier molecular flexibility index (Phi) is 5.33. The Morgan fingerprint density at radius 2 is 1.67 bits per heavy atom. The van der Waals surface area contributed by atoms with Gasteiger partial charge in [-0.3, -0.25) is 9.20 Å². The van der Waals surface area contributed by atoms with Crippen LogP contribution in [0.1, 0.15) is 22.3 Å². The molecular formula is C22H19N3O4S. The third-order valence-electron chi connectivity index (χ3n) is 4.81. The van der Waals surface area contributed by atoms with Crippen molar-refractivity contribution in [2.24, 2.45) is 0 Å². The van der Waals surface area contributed by atoms with Crippen molar-refractivity contribution in [3.8, 4) is 5.75 Å². The van der Waals surface area contributed by atoms with Gasteiger partial charge in [-0.1, -0.05) is 12.1 Å². The lowest BCUT2D eigenvalue weighted by Gasteiger charge is -2.07. The molecule has 2 aromatic heterocycles. The molecular weight excluding hydrogens is 402 g/mol. The summed E-state index contributed by atoms with van der Waals surface area (Å²) in [5, 5.41) is 0. The van der Waals surface area contributed by atoms with Crippen LogP contribution in [0.25, 0.3) is 5.78 Å². The van der Waals surface area contributed by atoms with Gasteiger partial charge in [-0.2, -0.15) is 0 Å². The fourth-order valence-corrected chi connectivity index (χ4v) is 4.35. The number of ether oxygens (including phenoxy) is 1. The molecule has 0 unspecified atom stereocenters. The van der Waals surface area contributed by atoms with Gasteiger partial charge in [-0.15, -0.1) is 0 Å². The van der Waals surface area contributed by atoms with Gasteiger partial charge in [0.2, 0.25) is 15.6 Å². The predicted molar refractivity (Wildman–Crippen MR) is 111 cm³/mol. The number of benzene rings is 2. The number of aromatic nitrogens is 3. The maximum atomic E-state index is 12.8. The van der Waals surface area contributed by atoms with Crippen molar-refractivity contribution >= 4 is 21.4 Å². The van der Waals surface area contributed by atoms with Crippen LogP contribution >= 0.6 is 0 Å². The molecule has 0 radical (unpaired) electrons. The molecule has 152 valence electrons. The van der Waals surface area contributed by atoms with Crippen LogP contribution < -0.4 is 4.74 Å². The number of aryl methyl sites for hydroxylation is 1. The molecule has 0 aliphatic heterocycles. The third-order valence-corrected chi connectivity index (χ3v) is 6.60. The molecule has 8 heteroatoms. The summed E-state index contributed by atoms with van der Waals surface area (Å²) in [7, 11) is -2.08. The number of ketones is 1. The molecule has 0 atom stereocenters. The zero-order valence-electron chi connectivity index (χ0n) is 16.2. The minimum Gasteiger partial charge on any atom is -0.497 e. The van der Waals surface area contributed by atoms with Crippen molar-refractivity contribution in [1.82, 2.24) is 14.4 Å². The van der Waals surface area contributed by atoms with Crippen molar-refractivity contribution in [1.29, 1.82) is 0 Å². The summed E-state index contributed by atoms with van der Waals surface area (Å²) < 4.78 is 32.3. The minimum absolute atomic E-state index is 0.0342. The fourth-order valence-electron chi connectivity index (χ4n) is 3.09. The molecule has 30 heavy (non-hydrogen) atoms. The van der Waals surface area contributed by atoms with Crippen molar-refractivity contribution < 1.29 is 17.9 Å². The van der Waals surface area contributed by atoms with Crippen LogP contribution in [0.4, 0.5) is 0 Å². The molecule has 2 aromatic carbocycles. The largest absolute Gasteiger partial charge is 0.497 e. The van der Waals surface area contributed by atoms with Gasteiger partial charge in [0.05, 0.1) is 22.5 Å². The minimum atomic E-state index is -3.61.